The first-order valence-corrected chi connectivity index (χ1v) is 8.97. The van der Waals surface area contributed by atoms with E-state index in [4.69, 9.17) is 17.3 Å². The number of nitrogens with zero attached hydrogens (tertiary/aromatic N) is 5. The number of carbonyl (C=O) groups is 1. The van der Waals surface area contributed by atoms with Crippen LogP contribution in [0.2, 0.25) is 5.15 Å². The molecule has 1 amide bonds. The van der Waals surface area contributed by atoms with Gasteiger partial charge in [-0.05, 0) is 42.7 Å². The molecule has 0 fully saturated rings. The Kier molecular flexibility index (Phi) is 6.45. The third-order valence-electron chi connectivity index (χ3n) is 3.94. The fraction of sp³-hybridized carbons (Fsp3) is 0.278. The second kappa shape index (κ2) is 9.20. The van der Waals surface area contributed by atoms with Crippen LogP contribution in [0.5, 0.6) is 0 Å². The van der Waals surface area contributed by atoms with E-state index in [1.54, 1.807) is 16.9 Å². The molecule has 0 spiro atoms. The van der Waals surface area contributed by atoms with Gasteiger partial charge in [0.05, 0.1) is 23.3 Å². The summed E-state index contributed by atoms with van der Waals surface area (Å²) in [4.78, 5) is 12.0. The Morgan fingerprint density at radius 2 is 2.04 bits per heavy atom. The Morgan fingerprint density at radius 3 is 2.78 bits per heavy atom. The van der Waals surface area contributed by atoms with Crippen LogP contribution in [-0.4, -0.2) is 31.1 Å². The summed E-state index contributed by atoms with van der Waals surface area (Å²) in [5.41, 5.74) is 8.96. The van der Waals surface area contributed by atoms with Crippen molar-refractivity contribution in [3.63, 3.8) is 0 Å². The molecular formula is C18H20ClN7O. The molecule has 3 aromatic rings. The Morgan fingerprint density at radius 1 is 1.15 bits per heavy atom. The van der Waals surface area contributed by atoms with Gasteiger partial charge in [-0.25, -0.2) is 4.68 Å². The zero-order valence-electron chi connectivity index (χ0n) is 14.7. The van der Waals surface area contributed by atoms with E-state index in [0.717, 1.165) is 22.6 Å². The van der Waals surface area contributed by atoms with E-state index in [0.29, 0.717) is 37.5 Å². The lowest BCUT2D eigenvalue weighted by Gasteiger charge is -2.07. The Labute approximate surface area is 161 Å². The fourth-order valence-electron chi connectivity index (χ4n) is 2.52. The molecule has 0 unspecified atom stereocenters. The van der Waals surface area contributed by atoms with Crippen LogP contribution in [-0.2, 0) is 24.3 Å². The largest absolute Gasteiger partial charge is 0.352 e. The van der Waals surface area contributed by atoms with Crippen LogP contribution in [0.1, 0.15) is 29.8 Å². The van der Waals surface area contributed by atoms with Gasteiger partial charge in [-0.15, -0.1) is 10.2 Å². The molecule has 9 heteroatoms. The standard InChI is InChI=1S/C18H20ClN7O/c19-17-8-7-14(22-24-17)4-2-6-18(27)21-11-13-3-1-5-16(9-13)26-12-15(10-20)23-25-26/h1,3,5,7-9,12H,2,4,6,10-11,20H2,(H,21,27). The van der Waals surface area contributed by atoms with E-state index in [9.17, 15) is 4.79 Å². The molecule has 1 aromatic carbocycles. The van der Waals surface area contributed by atoms with Gasteiger partial charge in [0.25, 0.3) is 0 Å². The van der Waals surface area contributed by atoms with Gasteiger partial charge >= 0.3 is 0 Å². The molecule has 0 aliphatic heterocycles. The van der Waals surface area contributed by atoms with Crippen LogP contribution in [0.25, 0.3) is 5.69 Å². The van der Waals surface area contributed by atoms with Gasteiger partial charge < -0.3 is 11.1 Å². The average molecular weight is 386 g/mol. The normalized spacial score (nSPS) is 10.7. The number of rotatable bonds is 8. The summed E-state index contributed by atoms with van der Waals surface area (Å²) in [7, 11) is 0. The molecular weight excluding hydrogens is 366 g/mol. The van der Waals surface area contributed by atoms with Crippen molar-refractivity contribution in [2.24, 2.45) is 5.73 Å². The van der Waals surface area contributed by atoms with Gasteiger partial charge in [-0.2, -0.15) is 5.10 Å². The molecule has 0 saturated heterocycles. The van der Waals surface area contributed by atoms with Crippen LogP contribution in [0.4, 0.5) is 0 Å². The Hall–Kier alpha value is -2.84. The fourth-order valence-corrected chi connectivity index (χ4v) is 2.62. The highest BCUT2D eigenvalue weighted by molar-refractivity contribution is 6.29. The van der Waals surface area contributed by atoms with Gasteiger partial charge in [0, 0.05) is 19.5 Å². The lowest BCUT2D eigenvalue weighted by Crippen LogP contribution is -2.22. The minimum absolute atomic E-state index is 0.00602. The summed E-state index contributed by atoms with van der Waals surface area (Å²) in [6, 6.07) is 11.3. The molecule has 0 saturated carbocycles. The summed E-state index contributed by atoms with van der Waals surface area (Å²) in [6.45, 7) is 0.795. The zero-order valence-corrected chi connectivity index (χ0v) is 15.4. The van der Waals surface area contributed by atoms with Crippen molar-refractivity contribution in [3.05, 3.63) is 64.7 Å². The van der Waals surface area contributed by atoms with Crippen LogP contribution in [0.15, 0.2) is 42.6 Å². The van der Waals surface area contributed by atoms with Gasteiger partial charge in [-0.1, -0.05) is 28.9 Å². The number of aromatic nitrogens is 5. The molecule has 0 bridgehead atoms. The summed E-state index contributed by atoms with van der Waals surface area (Å²) in [5, 5.41) is 19.1. The monoisotopic (exact) mass is 385 g/mol. The predicted octanol–water partition coefficient (Wildman–Crippen LogP) is 1.81. The number of benzene rings is 1. The summed E-state index contributed by atoms with van der Waals surface area (Å²) in [5.74, 6) is -0.00602. The maximum Gasteiger partial charge on any atom is 0.220 e. The minimum atomic E-state index is -0.00602. The average Bonchev–Trinajstić information content (AvgIpc) is 3.17. The first kappa shape index (κ1) is 18.9. The van der Waals surface area contributed by atoms with E-state index < -0.39 is 0 Å². The smallest absolute Gasteiger partial charge is 0.220 e. The lowest BCUT2D eigenvalue weighted by molar-refractivity contribution is -0.121. The third-order valence-corrected chi connectivity index (χ3v) is 4.14. The van der Waals surface area contributed by atoms with Crippen LogP contribution >= 0.6 is 11.6 Å². The third kappa shape index (κ3) is 5.57. The number of halogens is 1. The van der Waals surface area contributed by atoms with Gasteiger partial charge in [0.1, 0.15) is 0 Å². The molecule has 27 heavy (non-hydrogen) atoms. The van der Waals surface area contributed by atoms with E-state index in [2.05, 4.69) is 25.8 Å². The van der Waals surface area contributed by atoms with Crippen molar-refractivity contribution in [2.75, 3.05) is 0 Å². The number of amides is 1. The number of carbonyl (C=O) groups excluding carboxylic acids is 1. The van der Waals surface area contributed by atoms with Gasteiger partial charge in [0.2, 0.25) is 5.91 Å². The van der Waals surface area contributed by atoms with Crippen molar-refractivity contribution >= 4 is 17.5 Å². The van der Waals surface area contributed by atoms with E-state index >= 15 is 0 Å². The minimum Gasteiger partial charge on any atom is -0.352 e. The predicted molar refractivity (Wildman–Crippen MR) is 101 cm³/mol. The highest BCUT2D eigenvalue weighted by Gasteiger charge is 2.05. The number of hydrogen-bond donors (Lipinski definition) is 2. The van der Waals surface area contributed by atoms with Crippen molar-refractivity contribution < 1.29 is 4.79 Å². The quantitative estimate of drug-likeness (QED) is 0.611. The number of nitrogens with one attached hydrogen (secondary N) is 1. The highest BCUT2D eigenvalue weighted by Crippen LogP contribution is 2.10. The van der Waals surface area contributed by atoms with Crippen molar-refractivity contribution in [1.82, 2.24) is 30.5 Å². The van der Waals surface area contributed by atoms with E-state index in [-0.39, 0.29) is 5.91 Å². The van der Waals surface area contributed by atoms with Gasteiger partial charge in [-0.3, -0.25) is 4.79 Å². The van der Waals surface area contributed by atoms with Crippen LogP contribution in [0, 0.1) is 0 Å². The zero-order chi connectivity index (χ0) is 19.1. The topological polar surface area (TPSA) is 112 Å². The first-order valence-electron chi connectivity index (χ1n) is 8.59. The maximum absolute atomic E-state index is 12.0. The molecule has 0 aliphatic rings. The maximum atomic E-state index is 12.0. The molecule has 2 aromatic heterocycles. The van der Waals surface area contributed by atoms with Crippen molar-refractivity contribution in [1.29, 1.82) is 0 Å². The molecule has 140 valence electrons. The molecule has 0 aliphatic carbocycles. The number of aryl methyl sites for hydroxylation is 1. The Bertz CT molecular complexity index is 895. The SMILES string of the molecule is NCc1cn(-c2cccc(CNC(=O)CCCc3ccc(Cl)nn3)c2)nn1. The molecule has 0 radical (unpaired) electrons. The van der Waals surface area contributed by atoms with Gasteiger partial charge in [0.15, 0.2) is 5.15 Å². The van der Waals surface area contributed by atoms with E-state index in [1.807, 2.05) is 30.3 Å². The molecule has 3 N–H and O–H groups in total. The first-order chi connectivity index (χ1) is 13.1. The summed E-state index contributed by atoms with van der Waals surface area (Å²) in [6.07, 6.45) is 3.59. The Balaban J connectivity index is 1.47. The second-order valence-corrected chi connectivity index (χ2v) is 6.39. The molecule has 2 heterocycles. The van der Waals surface area contributed by atoms with E-state index in [1.165, 1.54) is 0 Å². The summed E-state index contributed by atoms with van der Waals surface area (Å²) < 4.78 is 1.67. The number of nitrogens with two attached hydrogens (primary N) is 1. The molecule has 0 atom stereocenters. The lowest BCUT2D eigenvalue weighted by atomic mass is 10.1. The highest BCUT2D eigenvalue weighted by atomic mass is 35.5. The second-order valence-electron chi connectivity index (χ2n) is 6.01. The van der Waals surface area contributed by atoms with Crippen LogP contribution in [0.3, 0.4) is 0 Å². The number of hydrogen-bond acceptors (Lipinski definition) is 6. The van der Waals surface area contributed by atoms with Crippen molar-refractivity contribution in [2.45, 2.75) is 32.4 Å². The van der Waals surface area contributed by atoms with Crippen molar-refractivity contribution in [3.8, 4) is 5.69 Å². The van der Waals surface area contributed by atoms with Crippen LogP contribution < -0.4 is 11.1 Å². The summed E-state index contributed by atoms with van der Waals surface area (Å²) >= 11 is 5.70. The molecule has 8 nitrogen and oxygen atoms in total. The molecule has 3 rings (SSSR count).